The fourth-order valence-corrected chi connectivity index (χ4v) is 2.58. The zero-order valence-corrected chi connectivity index (χ0v) is 9.00. The largest absolute Gasteiger partial charge is 0.293 e. The fraction of sp³-hybridized carbons (Fsp3) is 0.417. The molecule has 0 aromatic heterocycles. The number of nitrogens with one attached hydrogen (secondary N) is 1. The molecule has 3 N–H and O–H groups in total. The monoisotopic (exact) mass is 222 g/mol. The van der Waals surface area contributed by atoms with Crippen molar-refractivity contribution in [3.63, 3.8) is 0 Å². The van der Waals surface area contributed by atoms with E-state index in [1.54, 1.807) is 18.2 Å². The first-order valence-corrected chi connectivity index (χ1v) is 5.47. The van der Waals surface area contributed by atoms with Crippen molar-refractivity contribution in [2.75, 3.05) is 0 Å². The fourth-order valence-electron chi connectivity index (χ4n) is 2.58. The molecule has 1 aromatic rings. The first-order valence-electron chi connectivity index (χ1n) is 5.47. The molecule has 0 saturated heterocycles. The number of carbonyl (C=O) groups is 1. The minimum atomic E-state index is -0.764. The Morgan fingerprint density at radius 2 is 1.94 bits per heavy atom. The van der Waals surface area contributed by atoms with E-state index >= 15 is 0 Å². The maximum Gasteiger partial charge on any atom is 0.244 e. The lowest BCUT2D eigenvalue weighted by molar-refractivity contribution is -0.126. The second-order valence-electron chi connectivity index (χ2n) is 4.24. The van der Waals surface area contributed by atoms with E-state index in [0.29, 0.717) is 18.4 Å². The van der Waals surface area contributed by atoms with Crippen LogP contribution >= 0.6 is 0 Å². The Kier molecular flexibility index (Phi) is 2.92. The van der Waals surface area contributed by atoms with Crippen LogP contribution in [0.2, 0.25) is 0 Å². The van der Waals surface area contributed by atoms with Gasteiger partial charge in [0.1, 0.15) is 5.82 Å². The number of hydrogen-bond acceptors (Lipinski definition) is 2. The van der Waals surface area contributed by atoms with Crippen molar-refractivity contribution in [3.8, 4) is 0 Å². The number of hydrazine groups is 1. The molecule has 0 unspecified atom stereocenters. The summed E-state index contributed by atoms with van der Waals surface area (Å²) in [5.41, 5.74) is 1.87. The van der Waals surface area contributed by atoms with Gasteiger partial charge in [0.05, 0.1) is 5.41 Å². The average Bonchev–Trinajstić information content (AvgIpc) is 2.79. The van der Waals surface area contributed by atoms with Gasteiger partial charge in [-0.15, -0.1) is 0 Å². The first-order chi connectivity index (χ1) is 7.70. The molecule has 1 aliphatic carbocycles. The van der Waals surface area contributed by atoms with Crippen LogP contribution < -0.4 is 11.3 Å². The molecule has 1 amide bonds. The van der Waals surface area contributed by atoms with Crippen molar-refractivity contribution in [1.29, 1.82) is 0 Å². The molecule has 4 heteroatoms. The standard InChI is InChI=1S/C12H15FN2O/c13-10-6-2-1-5-9(10)12(11(16)15-14)7-3-4-8-12/h1-2,5-6H,3-4,7-8,14H2,(H,15,16). The molecule has 86 valence electrons. The zero-order chi connectivity index (χ0) is 11.6. The number of benzene rings is 1. The van der Waals surface area contributed by atoms with Crippen LogP contribution in [-0.4, -0.2) is 5.91 Å². The van der Waals surface area contributed by atoms with Gasteiger partial charge in [0.25, 0.3) is 0 Å². The number of carbonyl (C=O) groups excluding carboxylic acids is 1. The van der Waals surface area contributed by atoms with Crippen LogP contribution in [0, 0.1) is 5.82 Å². The van der Waals surface area contributed by atoms with Crippen LogP contribution in [-0.2, 0) is 10.2 Å². The summed E-state index contributed by atoms with van der Waals surface area (Å²) >= 11 is 0. The highest BCUT2D eigenvalue weighted by Gasteiger charge is 2.43. The summed E-state index contributed by atoms with van der Waals surface area (Å²) in [4.78, 5) is 11.9. The van der Waals surface area contributed by atoms with Gasteiger partial charge >= 0.3 is 0 Å². The predicted molar refractivity (Wildman–Crippen MR) is 58.9 cm³/mol. The molecular formula is C12H15FN2O. The molecule has 0 spiro atoms. The summed E-state index contributed by atoms with van der Waals surface area (Å²) in [6, 6.07) is 6.44. The van der Waals surface area contributed by atoms with Crippen molar-refractivity contribution >= 4 is 5.91 Å². The normalized spacial score (nSPS) is 18.4. The predicted octanol–water partition coefficient (Wildman–Crippen LogP) is 1.63. The van der Waals surface area contributed by atoms with Crippen LogP contribution in [0.3, 0.4) is 0 Å². The van der Waals surface area contributed by atoms with Crippen molar-refractivity contribution < 1.29 is 9.18 Å². The average molecular weight is 222 g/mol. The lowest BCUT2D eigenvalue weighted by Gasteiger charge is -2.27. The van der Waals surface area contributed by atoms with Gasteiger partial charge in [0.15, 0.2) is 0 Å². The number of rotatable bonds is 2. The third kappa shape index (κ3) is 1.59. The van der Waals surface area contributed by atoms with E-state index in [-0.39, 0.29) is 11.7 Å². The van der Waals surface area contributed by atoms with E-state index < -0.39 is 5.41 Å². The van der Waals surface area contributed by atoms with E-state index in [0.717, 1.165) is 12.8 Å². The van der Waals surface area contributed by atoms with E-state index in [9.17, 15) is 9.18 Å². The molecule has 3 nitrogen and oxygen atoms in total. The quantitative estimate of drug-likeness (QED) is 0.454. The Morgan fingerprint density at radius 1 is 1.31 bits per heavy atom. The Hall–Kier alpha value is -1.42. The summed E-state index contributed by atoms with van der Waals surface area (Å²) in [7, 11) is 0. The van der Waals surface area contributed by atoms with E-state index in [2.05, 4.69) is 5.43 Å². The third-order valence-corrected chi connectivity index (χ3v) is 3.41. The minimum Gasteiger partial charge on any atom is -0.293 e. The summed E-state index contributed by atoms with van der Waals surface area (Å²) in [5, 5.41) is 0. The smallest absolute Gasteiger partial charge is 0.244 e. The van der Waals surface area contributed by atoms with Gasteiger partial charge in [-0.3, -0.25) is 10.2 Å². The maximum absolute atomic E-state index is 13.8. The highest BCUT2D eigenvalue weighted by molar-refractivity contribution is 5.88. The molecule has 0 atom stereocenters. The molecule has 16 heavy (non-hydrogen) atoms. The Labute approximate surface area is 93.8 Å². The van der Waals surface area contributed by atoms with Crippen molar-refractivity contribution in [2.24, 2.45) is 5.84 Å². The maximum atomic E-state index is 13.8. The molecule has 2 rings (SSSR count). The molecule has 0 heterocycles. The molecule has 0 radical (unpaired) electrons. The van der Waals surface area contributed by atoms with Gasteiger partial charge in [0, 0.05) is 5.56 Å². The first kappa shape index (κ1) is 11.1. The molecular weight excluding hydrogens is 207 g/mol. The Balaban J connectivity index is 2.48. The lowest BCUT2D eigenvalue weighted by atomic mass is 9.78. The SMILES string of the molecule is NNC(=O)C1(c2ccccc2F)CCCC1. The van der Waals surface area contributed by atoms with Gasteiger partial charge in [-0.1, -0.05) is 31.0 Å². The van der Waals surface area contributed by atoms with Crippen molar-refractivity contribution in [3.05, 3.63) is 35.6 Å². The van der Waals surface area contributed by atoms with Gasteiger partial charge in [-0.25, -0.2) is 10.2 Å². The molecule has 1 aromatic carbocycles. The van der Waals surface area contributed by atoms with E-state index in [4.69, 9.17) is 5.84 Å². The van der Waals surface area contributed by atoms with Crippen molar-refractivity contribution in [1.82, 2.24) is 5.43 Å². The number of nitrogens with two attached hydrogens (primary N) is 1. The molecule has 1 fully saturated rings. The second kappa shape index (κ2) is 4.22. The van der Waals surface area contributed by atoms with Crippen LogP contribution in [0.1, 0.15) is 31.2 Å². The Morgan fingerprint density at radius 3 is 2.50 bits per heavy atom. The number of halogens is 1. The van der Waals surface area contributed by atoms with E-state index in [1.807, 2.05) is 0 Å². The van der Waals surface area contributed by atoms with Gasteiger partial charge in [-0.2, -0.15) is 0 Å². The second-order valence-corrected chi connectivity index (χ2v) is 4.24. The topological polar surface area (TPSA) is 55.1 Å². The molecule has 0 bridgehead atoms. The molecule has 1 aliphatic rings. The van der Waals surface area contributed by atoms with Crippen LogP contribution in [0.5, 0.6) is 0 Å². The minimum absolute atomic E-state index is 0.282. The third-order valence-electron chi connectivity index (χ3n) is 3.41. The summed E-state index contributed by atoms with van der Waals surface area (Å²) in [5.74, 6) is 4.59. The van der Waals surface area contributed by atoms with Gasteiger partial charge in [0.2, 0.25) is 5.91 Å². The molecule has 0 aliphatic heterocycles. The van der Waals surface area contributed by atoms with E-state index in [1.165, 1.54) is 6.07 Å². The summed E-state index contributed by atoms with van der Waals surface area (Å²) in [6.45, 7) is 0. The number of amides is 1. The van der Waals surface area contributed by atoms with Crippen LogP contribution in [0.4, 0.5) is 4.39 Å². The highest BCUT2D eigenvalue weighted by atomic mass is 19.1. The summed E-state index contributed by atoms with van der Waals surface area (Å²) in [6.07, 6.45) is 3.19. The van der Waals surface area contributed by atoms with Crippen LogP contribution in [0.15, 0.2) is 24.3 Å². The van der Waals surface area contributed by atoms with Gasteiger partial charge in [-0.05, 0) is 18.9 Å². The lowest BCUT2D eigenvalue weighted by Crippen LogP contribution is -2.46. The zero-order valence-electron chi connectivity index (χ0n) is 9.00. The number of hydrogen-bond donors (Lipinski definition) is 2. The highest BCUT2D eigenvalue weighted by Crippen LogP contribution is 2.42. The van der Waals surface area contributed by atoms with Gasteiger partial charge < -0.3 is 0 Å². The summed E-state index contributed by atoms with van der Waals surface area (Å²) < 4.78 is 13.8. The molecule has 1 saturated carbocycles. The van der Waals surface area contributed by atoms with Crippen molar-refractivity contribution in [2.45, 2.75) is 31.1 Å². The van der Waals surface area contributed by atoms with Crippen LogP contribution in [0.25, 0.3) is 0 Å². The Bertz CT molecular complexity index is 400.